The van der Waals surface area contributed by atoms with Crippen LogP contribution in [0.15, 0.2) is 36.7 Å². The Bertz CT molecular complexity index is 749. The highest BCUT2D eigenvalue weighted by Gasteiger charge is 2.26. The van der Waals surface area contributed by atoms with E-state index < -0.39 is 8.07 Å². The highest BCUT2D eigenvalue weighted by Crippen LogP contribution is 2.35. The highest BCUT2D eigenvalue weighted by molar-refractivity contribution is 6.87. The third kappa shape index (κ3) is 3.09. The Balaban J connectivity index is 2.03. The Morgan fingerprint density at radius 3 is 2.42 bits per heavy atom. The van der Waals surface area contributed by atoms with E-state index in [2.05, 4.69) is 65.3 Å². The molecule has 0 N–H and O–H groups in total. The Morgan fingerprint density at radius 1 is 1.04 bits per heavy atom. The largest absolute Gasteiger partial charge is 0.309 e. The summed E-state index contributed by atoms with van der Waals surface area (Å²) in [5, 5.41) is 0. The fraction of sp³-hybridized carbons (Fsp3) is 0.400. The summed E-state index contributed by atoms with van der Waals surface area (Å²) < 4.78 is 0. The standard InChI is InChI=1S/C20H25N3Si/c1-4-24(5-2,6-3)16-12-18-10-7-9-17-11-15-23(19(17)18)20-21-13-8-14-22-20/h7-10,13-14H,4-6,11,15H2,1-3H3. The molecule has 1 aliphatic heterocycles. The van der Waals surface area contributed by atoms with Crippen molar-refractivity contribution in [3.63, 3.8) is 0 Å². The summed E-state index contributed by atoms with van der Waals surface area (Å²) in [5.41, 5.74) is 7.41. The van der Waals surface area contributed by atoms with Crippen molar-refractivity contribution in [1.82, 2.24) is 9.97 Å². The van der Waals surface area contributed by atoms with Gasteiger partial charge in [0.15, 0.2) is 0 Å². The summed E-state index contributed by atoms with van der Waals surface area (Å²) in [6.45, 7) is 7.82. The van der Waals surface area contributed by atoms with Crippen LogP contribution in [-0.4, -0.2) is 24.6 Å². The van der Waals surface area contributed by atoms with Crippen LogP contribution in [0.4, 0.5) is 11.6 Å². The van der Waals surface area contributed by atoms with Crippen LogP contribution in [0.5, 0.6) is 0 Å². The minimum absolute atomic E-state index is 0.774. The SMILES string of the molecule is CC[Si](C#Cc1cccc2c1N(c1ncccn1)CC2)(CC)CC. The van der Waals surface area contributed by atoms with E-state index in [9.17, 15) is 0 Å². The average molecular weight is 336 g/mol. The number of aromatic nitrogens is 2. The average Bonchev–Trinajstić information content (AvgIpc) is 3.09. The van der Waals surface area contributed by atoms with E-state index in [0.29, 0.717) is 0 Å². The van der Waals surface area contributed by atoms with Crippen LogP contribution >= 0.6 is 0 Å². The van der Waals surface area contributed by atoms with Gasteiger partial charge in [-0.25, -0.2) is 9.97 Å². The number of benzene rings is 1. The number of anilines is 2. The highest BCUT2D eigenvalue weighted by atomic mass is 28.3. The minimum Gasteiger partial charge on any atom is -0.309 e. The van der Waals surface area contributed by atoms with Gasteiger partial charge in [0.2, 0.25) is 5.95 Å². The van der Waals surface area contributed by atoms with Gasteiger partial charge in [-0.3, -0.25) is 0 Å². The molecule has 3 rings (SSSR count). The lowest BCUT2D eigenvalue weighted by Gasteiger charge is -2.21. The van der Waals surface area contributed by atoms with E-state index in [4.69, 9.17) is 0 Å². The molecule has 0 saturated heterocycles. The molecule has 24 heavy (non-hydrogen) atoms. The molecular formula is C20H25N3Si. The lowest BCUT2D eigenvalue weighted by molar-refractivity contribution is 0.939. The minimum atomic E-state index is -1.45. The van der Waals surface area contributed by atoms with Crippen molar-refractivity contribution < 1.29 is 0 Å². The molecule has 0 radical (unpaired) electrons. The van der Waals surface area contributed by atoms with Crippen LogP contribution in [0.1, 0.15) is 31.9 Å². The zero-order valence-electron chi connectivity index (χ0n) is 14.8. The molecule has 0 aliphatic carbocycles. The van der Waals surface area contributed by atoms with Crippen molar-refractivity contribution >= 4 is 19.7 Å². The molecule has 0 unspecified atom stereocenters. The molecule has 0 bridgehead atoms. The van der Waals surface area contributed by atoms with Crippen molar-refractivity contribution in [3.8, 4) is 11.5 Å². The van der Waals surface area contributed by atoms with E-state index in [-0.39, 0.29) is 0 Å². The van der Waals surface area contributed by atoms with Gasteiger partial charge >= 0.3 is 0 Å². The van der Waals surface area contributed by atoms with Crippen molar-refractivity contribution in [2.75, 3.05) is 11.4 Å². The van der Waals surface area contributed by atoms with E-state index >= 15 is 0 Å². The zero-order valence-corrected chi connectivity index (χ0v) is 15.8. The molecule has 1 aromatic carbocycles. The molecule has 124 valence electrons. The number of hydrogen-bond acceptors (Lipinski definition) is 3. The first-order valence-electron chi connectivity index (χ1n) is 8.92. The first-order chi connectivity index (χ1) is 11.7. The first-order valence-corrected chi connectivity index (χ1v) is 11.5. The van der Waals surface area contributed by atoms with Crippen molar-refractivity contribution in [2.45, 2.75) is 45.3 Å². The molecule has 2 aromatic rings. The summed E-state index contributed by atoms with van der Waals surface area (Å²) in [4.78, 5) is 11.1. The normalized spacial score (nSPS) is 13.4. The maximum absolute atomic E-state index is 4.43. The second kappa shape index (κ2) is 7.19. The molecule has 1 aromatic heterocycles. The molecule has 1 aliphatic rings. The van der Waals surface area contributed by atoms with Crippen molar-refractivity contribution in [1.29, 1.82) is 0 Å². The summed E-state index contributed by atoms with van der Waals surface area (Å²) in [5.74, 6) is 4.33. The van der Waals surface area contributed by atoms with E-state index in [0.717, 1.165) is 24.5 Å². The smallest absolute Gasteiger partial charge is 0.229 e. The lowest BCUT2D eigenvalue weighted by atomic mass is 10.1. The third-order valence-corrected chi connectivity index (χ3v) is 10.00. The predicted molar refractivity (Wildman–Crippen MR) is 103 cm³/mol. The lowest BCUT2D eigenvalue weighted by Crippen LogP contribution is -2.29. The van der Waals surface area contributed by atoms with Crippen LogP contribution in [0.3, 0.4) is 0 Å². The zero-order chi connectivity index (χ0) is 17.0. The second-order valence-corrected chi connectivity index (χ2v) is 11.3. The van der Waals surface area contributed by atoms with Crippen LogP contribution < -0.4 is 4.90 Å². The molecular weight excluding hydrogens is 310 g/mol. The molecule has 2 heterocycles. The number of rotatable bonds is 4. The molecule has 0 amide bonds. The number of nitrogens with zero attached hydrogens (tertiary/aromatic N) is 3. The van der Waals surface area contributed by atoms with E-state index in [1.807, 2.05) is 6.07 Å². The van der Waals surface area contributed by atoms with Crippen LogP contribution in [0.2, 0.25) is 18.1 Å². The molecule has 0 fully saturated rings. The van der Waals surface area contributed by atoms with Gasteiger partial charge in [0.05, 0.1) is 5.69 Å². The summed E-state index contributed by atoms with van der Waals surface area (Å²) in [7, 11) is -1.45. The molecule has 0 spiro atoms. The summed E-state index contributed by atoms with van der Waals surface area (Å²) >= 11 is 0. The third-order valence-electron chi connectivity index (χ3n) is 5.28. The Hall–Kier alpha value is -2.12. The maximum atomic E-state index is 4.43. The van der Waals surface area contributed by atoms with Gasteiger partial charge in [-0.05, 0) is 42.2 Å². The molecule has 0 saturated carbocycles. The van der Waals surface area contributed by atoms with Crippen LogP contribution in [0.25, 0.3) is 0 Å². The Labute approximate surface area is 146 Å². The van der Waals surface area contributed by atoms with Gasteiger partial charge in [0.25, 0.3) is 0 Å². The molecule has 0 atom stereocenters. The fourth-order valence-electron chi connectivity index (χ4n) is 3.40. The van der Waals surface area contributed by atoms with Crippen molar-refractivity contribution in [3.05, 3.63) is 47.8 Å². The number of hydrogen-bond donors (Lipinski definition) is 0. The fourth-order valence-corrected chi connectivity index (χ4v) is 5.83. The first kappa shape index (κ1) is 16.7. The van der Waals surface area contributed by atoms with E-state index in [1.165, 1.54) is 29.4 Å². The quantitative estimate of drug-likeness (QED) is 0.605. The van der Waals surface area contributed by atoms with Crippen LogP contribution in [0, 0.1) is 11.5 Å². The van der Waals surface area contributed by atoms with Gasteiger partial charge in [-0.1, -0.05) is 38.8 Å². The maximum Gasteiger partial charge on any atom is 0.229 e. The summed E-state index contributed by atoms with van der Waals surface area (Å²) in [6, 6.07) is 12.0. The van der Waals surface area contributed by atoms with Gasteiger partial charge < -0.3 is 4.90 Å². The Morgan fingerprint density at radius 2 is 1.75 bits per heavy atom. The number of para-hydroxylation sites is 1. The van der Waals surface area contributed by atoms with Gasteiger partial charge in [-0.15, -0.1) is 5.54 Å². The van der Waals surface area contributed by atoms with Crippen LogP contribution in [-0.2, 0) is 6.42 Å². The molecule has 3 nitrogen and oxygen atoms in total. The van der Waals surface area contributed by atoms with Gasteiger partial charge in [0, 0.05) is 24.5 Å². The predicted octanol–water partition coefficient (Wildman–Crippen LogP) is 4.57. The van der Waals surface area contributed by atoms with Crippen molar-refractivity contribution in [2.24, 2.45) is 0 Å². The summed E-state index contributed by atoms with van der Waals surface area (Å²) in [6.07, 6.45) is 4.64. The molecule has 4 heteroatoms. The second-order valence-electron chi connectivity index (χ2n) is 6.35. The topological polar surface area (TPSA) is 29.0 Å². The van der Waals surface area contributed by atoms with Gasteiger partial charge in [-0.2, -0.15) is 0 Å². The monoisotopic (exact) mass is 335 g/mol. The Kier molecular flexibility index (Phi) is 5.01. The van der Waals surface area contributed by atoms with E-state index in [1.54, 1.807) is 12.4 Å². The number of fused-ring (bicyclic) bond motifs is 1. The van der Waals surface area contributed by atoms with Gasteiger partial charge in [0.1, 0.15) is 8.07 Å².